The van der Waals surface area contributed by atoms with Crippen molar-refractivity contribution in [1.29, 1.82) is 0 Å². The van der Waals surface area contributed by atoms with E-state index in [2.05, 4.69) is 17.6 Å². The fourth-order valence-electron chi connectivity index (χ4n) is 3.82. The van der Waals surface area contributed by atoms with Gasteiger partial charge in [0.25, 0.3) is 17.7 Å². The lowest BCUT2D eigenvalue weighted by Crippen LogP contribution is -2.33. The standard InChI is InChI=1S/C29H26ClN3O5/c1-3-17-38-29(37)22-7-5-6-8-23(22)33-27(35)24(30)25(28(33)36)31-20-15-11-19(12-16-20)26(34)32-21-13-9-18(4-2)10-14-21/h5-16,31H,3-4,17H2,1-2H3,(H,32,34). The number of hydrogen-bond acceptors (Lipinski definition) is 6. The maximum atomic E-state index is 13.2. The molecule has 0 saturated heterocycles. The molecular formula is C29H26ClN3O5. The Morgan fingerprint density at radius 3 is 2.18 bits per heavy atom. The summed E-state index contributed by atoms with van der Waals surface area (Å²) in [6.45, 7) is 4.13. The van der Waals surface area contributed by atoms with Gasteiger partial charge in [0.1, 0.15) is 10.7 Å². The van der Waals surface area contributed by atoms with Crippen LogP contribution in [0, 0.1) is 0 Å². The van der Waals surface area contributed by atoms with Gasteiger partial charge in [-0.05, 0) is 66.9 Å². The minimum absolute atomic E-state index is 0.0769. The third kappa shape index (κ3) is 5.60. The lowest BCUT2D eigenvalue weighted by Gasteiger charge is -2.18. The molecule has 38 heavy (non-hydrogen) atoms. The van der Waals surface area contributed by atoms with Crippen molar-refractivity contribution in [3.63, 3.8) is 0 Å². The first-order chi connectivity index (χ1) is 18.3. The molecule has 0 spiro atoms. The highest BCUT2D eigenvalue weighted by atomic mass is 35.5. The van der Waals surface area contributed by atoms with Gasteiger partial charge in [0, 0.05) is 16.9 Å². The Balaban J connectivity index is 1.48. The molecule has 0 atom stereocenters. The van der Waals surface area contributed by atoms with Crippen LogP contribution >= 0.6 is 11.6 Å². The lowest BCUT2D eigenvalue weighted by molar-refractivity contribution is -0.120. The minimum Gasteiger partial charge on any atom is -0.462 e. The molecule has 0 bridgehead atoms. The largest absolute Gasteiger partial charge is 0.462 e. The number of carbonyl (C=O) groups is 4. The summed E-state index contributed by atoms with van der Waals surface area (Å²) in [6, 6.07) is 20.2. The first-order valence-electron chi connectivity index (χ1n) is 12.2. The number of para-hydroxylation sites is 1. The second kappa shape index (κ2) is 11.7. The highest BCUT2D eigenvalue weighted by Crippen LogP contribution is 2.32. The van der Waals surface area contributed by atoms with Crippen LogP contribution in [0.25, 0.3) is 0 Å². The zero-order valence-electron chi connectivity index (χ0n) is 20.9. The fraction of sp³-hybridized carbons (Fsp3) is 0.172. The Morgan fingerprint density at radius 1 is 0.868 bits per heavy atom. The van der Waals surface area contributed by atoms with Gasteiger partial charge in [-0.1, -0.05) is 49.7 Å². The predicted molar refractivity (Wildman–Crippen MR) is 146 cm³/mol. The first kappa shape index (κ1) is 26.6. The van der Waals surface area contributed by atoms with Gasteiger partial charge >= 0.3 is 5.97 Å². The summed E-state index contributed by atoms with van der Waals surface area (Å²) in [5, 5.41) is 5.39. The van der Waals surface area contributed by atoms with E-state index in [1.807, 2.05) is 31.2 Å². The number of ether oxygens (including phenoxy) is 1. The Morgan fingerprint density at radius 2 is 1.53 bits per heavy atom. The molecule has 8 nitrogen and oxygen atoms in total. The number of imide groups is 1. The average molecular weight is 532 g/mol. The third-order valence-electron chi connectivity index (χ3n) is 5.87. The summed E-state index contributed by atoms with van der Waals surface area (Å²) in [7, 11) is 0. The van der Waals surface area contributed by atoms with E-state index in [9.17, 15) is 19.2 Å². The van der Waals surface area contributed by atoms with E-state index in [-0.39, 0.29) is 34.5 Å². The number of anilines is 3. The molecule has 0 aliphatic carbocycles. The number of benzene rings is 3. The molecule has 1 aliphatic heterocycles. The zero-order valence-corrected chi connectivity index (χ0v) is 21.7. The van der Waals surface area contributed by atoms with Crippen molar-refractivity contribution >= 4 is 52.4 Å². The van der Waals surface area contributed by atoms with E-state index in [1.54, 1.807) is 36.4 Å². The van der Waals surface area contributed by atoms with Crippen LogP contribution in [-0.4, -0.2) is 30.3 Å². The fourth-order valence-corrected chi connectivity index (χ4v) is 4.03. The molecule has 194 valence electrons. The second-order valence-electron chi connectivity index (χ2n) is 8.49. The number of amides is 3. The summed E-state index contributed by atoms with van der Waals surface area (Å²) in [5.41, 5.74) is 2.73. The number of rotatable bonds is 9. The number of nitrogens with zero attached hydrogens (tertiary/aromatic N) is 1. The molecule has 2 N–H and O–H groups in total. The average Bonchev–Trinajstić information content (AvgIpc) is 3.15. The number of nitrogens with one attached hydrogen (secondary N) is 2. The van der Waals surface area contributed by atoms with E-state index in [0.29, 0.717) is 23.4 Å². The number of hydrogen-bond donors (Lipinski definition) is 2. The van der Waals surface area contributed by atoms with Gasteiger partial charge in [0.15, 0.2) is 0 Å². The number of halogens is 1. The van der Waals surface area contributed by atoms with Crippen LogP contribution in [0.3, 0.4) is 0 Å². The van der Waals surface area contributed by atoms with Crippen molar-refractivity contribution in [1.82, 2.24) is 0 Å². The molecule has 3 aromatic rings. The van der Waals surface area contributed by atoms with Crippen molar-refractivity contribution in [3.05, 3.63) is 100 Å². The van der Waals surface area contributed by atoms with Crippen molar-refractivity contribution in [2.75, 3.05) is 22.1 Å². The van der Waals surface area contributed by atoms with Crippen LogP contribution < -0.4 is 15.5 Å². The molecule has 0 saturated carbocycles. The molecule has 0 fully saturated rings. The molecule has 3 aromatic carbocycles. The Bertz CT molecular complexity index is 1410. The Kier molecular flexibility index (Phi) is 8.23. The minimum atomic E-state index is -0.764. The Hall–Kier alpha value is -4.43. The lowest BCUT2D eigenvalue weighted by atomic mass is 10.1. The number of aryl methyl sites for hydroxylation is 1. The highest BCUT2D eigenvalue weighted by Gasteiger charge is 2.40. The van der Waals surface area contributed by atoms with Crippen LogP contribution in [0.4, 0.5) is 17.1 Å². The Labute approximate surface area is 225 Å². The van der Waals surface area contributed by atoms with E-state index in [4.69, 9.17) is 16.3 Å². The maximum Gasteiger partial charge on any atom is 0.340 e. The third-order valence-corrected chi connectivity index (χ3v) is 6.22. The second-order valence-corrected chi connectivity index (χ2v) is 8.87. The van der Waals surface area contributed by atoms with E-state index >= 15 is 0 Å². The molecule has 9 heteroatoms. The predicted octanol–water partition coefficient (Wildman–Crippen LogP) is 5.50. The summed E-state index contributed by atoms with van der Waals surface area (Å²) < 4.78 is 5.19. The van der Waals surface area contributed by atoms with Gasteiger partial charge in [-0.2, -0.15) is 0 Å². The summed E-state index contributed by atoms with van der Waals surface area (Å²) in [4.78, 5) is 52.1. The van der Waals surface area contributed by atoms with Crippen molar-refractivity contribution < 1.29 is 23.9 Å². The van der Waals surface area contributed by atoms with Crippen molar-refractivity contribution in [3.8, 4) is 0 Å². The van der Waals surface area contributed by atoms with Crippen molar-refractivity contribution in [2.45, 2.75) is 26.7 Å². The number of esters is 1. The first-order valence-corrected chi connectivity index (χ1v) is 12.5. The SMILES string of the molecule is CCCOC(=O)c1ccccc1N1C(=O)C(Cl)=C(Nc2ccc(C(=O)Nc3ccc(CC)cc3)cc2)C1=O. The van der Waals surface area contributed by atoms with Crippen LogP contribution in [0.15, 0.2) is 83.5 Å². The van der Waals surface area contributed by atoms with E-state index in [1.165, 1.54) is 17.7 Å². The monoisotopic (exact) mass is 531 g/mol. The summed E-state index contributed by atoms with van der Waals surface area (Å²) >= 11 is 6.25. The number of carbonyl (C=O) groups excluding carboxylic acids is 4. The van der Waals surface area contributed by atoms with E-state index in [0.717, 1.165) is 11.3 Å². The van der Waals surface area contributed by atoms with Gasteiger partial charge in [-0.15, -0.1) is 0 Å². The van der Waals surface area contributed by atoms with Gasteiger partial charge in [-0.3, -0.25) is 14.4 Å². The molecule has 1 aliphatic rings. The van der Waals surface area contributed by atoms with Gasteiger partial charge in [-0.25, -0.2) is 9.69 Å². The van der Waals surface area contributed by atoms with Crippen LogP contribution in [0.2, 0.25) is 0 Å². The van der Waals surface area contributed by atoms with Gasteiger partial charge in [0.05, 0.1) is 17.9 Å². The van der Waals surface area contributed by atoms with Crippen molar-refractivity contribution in [2.24, 2.45) is 0 Å². The van der Waals surface area contributed by atoms with Gasteiger partial charge in [0.2, 0.25) is 0 Å². The van der Waals surface area contributed by atoms with Crippen LogP contribution in [0.1, 0.15) is 46.5 Å². The maximum absolute atomic E-state index is 13.2. The molecule has 4 rings (SSSR count). The van der Waals surface area contributed by atoms with Crippen LogP contribution in [-0.2, 0) is 20.7 Å². The molecule has 3 amide bonds. The smallest absolute Gasteiger partial charge is 0.340 e. The molecule has 0 aromatic heterocycles. The van der Waals surface area contributed by atoms with Gasteiger partial charge < -0.3 is 15.4 Å². The molecule has 1 heterocycles. The molecule has 0 unspecified atom stereocenters. The summed E-state index contributed by atoms with van der Waals surface area (Å²) in [5.74, 6) is -2.41. The highest BCUT2D eigenvalue weighted by molar-refractivity contribution is 6.53. The summed E-state index contributed by atoms with van der Waals surface area (Å²) in [6.07, 6.45) is 1.54. The molecule has 0 radical (unpaired) electrons. The molecular weight excluding hydrogens is 506 g/mol. The normalized spacial score (nSPS) is 13.1. The van der Waals surface area contributed by atoms with E-state index < -0.39 is 17.8 Å². The topological polar surface area (TPSA) is 105 Å². The quantitative estimate of drug-likeness (QED) is 0.279. The zero-order chi connectivity index (χ0) is 27.2. The van der Waals surface area contributed by atoms with Crippen LogP contribution in [0.5, 0.6) is 0 Å².